The molecule has 124 valence electrons. The number of hydrogen-bond donors (Lipinski definition) is 0. The molecule has 0 bridgehead atoms. The second-order valence-corrected chi connectivity index (χ2v) is 3.84. The molecule has 0 radical (unpaired) electrons. The largest absolute Gasteiger partial charge is 0.631 e. The maximum Gasteiger partial charge on any atom is 0.631 e. The van der Waals surface area contributed by atoms with Crippen LogP contribution in [0.25, 0.3) is 0 Å². The first-order valence-electron chi connectivity index (χ1n) is 5.00. The van der Waals surface area contributed by atoms with Gasteiger partial charge in [0.2, 0.25) is 19.0 Å². The predicted octanol–water partition coefficient (Wildman–Crippen LogP) is -0.812. The van der Waals surface area contributed by atoms with Crippen molar-refractivity contribution in [2.24, 2.45) is 0 Å². The summed E-state index contributed by atoms with van der Waals surface area (Å²) in [6, 6.07) is 0. The summed E-state index contributed by atoms with van der Waals surface area (Å²) in [5.41, 5.74) is 0. The molecule has 0 saturated heterocycles. The summed E-state index contributed by atoms with van der Waals surface area (Å²) in [7, 11) is 0. The second-order valence-electron chi connectivity index (χ2n) is 3.84. The summed E-state index contributed by atoms with van der Waals surface area (Å²) >= 11 is 0. The van der Waals surface area contributed by atoms with E-state index in [1.165, 1.54) is 0 Å². The standard InChI is InChI=1S/C6H7F2N5O9/c1-4(14)9(2-5(7,10(15)16)11(17)18)3-6(8,12(19)20)13(21)22/h2-3H2,1H3. The highest BCUT2D eigenvalue weighted by Gasteiger charge is 2.64. The van der Waals surface area contributed by atoms with Crippen molar-refractivity contribution >= 4 is 5.91 Å². The quantitative estimate of drug-likeness (QED) is 0.236. The summed E-state index contributed by atoms with van der Waals surface area (Å²) in [6.45, 7) is -3.62. The van der Waals surface area contributed by atoms with Gasteiger partial charge in [0.25, 0.3) is 0 Å². The molecule has 0 heterocycles. The topological polar surface area (TPSA) is 193 Å². The van der Waals surface area contributed by atoms with Crippen LogP contribution in [-0.2, 0) is 4.79 Å². The lowest BCUT2D eigenvalue weighted by molar-refractivity contribution is -0.837. The van der Waals surface area contributed by atoms with E-state index in [0.717, 1.165) is 0 Å². The molecule has 0 unspecified atom stereocenters. The maximum atomic E-state index is 13.6. The maximum absolute atomic E-state index is 13.6. The Morgan fingerprint density at radius 1 is 0.864 bits per heavy atom. The van der Waals surface area contributed by atoms with Crippen LogP contribution in [0.3, 0.4) is 0 Å². The van der Waals surface area contributed by atoms with Crippen molar-refractivity contribution in [1.82, 2.24) is 4.90 Å². The molecule has 0 atom stereocenters. The average molecular weight is 331 g/mol. The zero-order valence-electron chi connectivity index (χ0n) is 10.6. The Hall–Kier alpha value is -3.07. The number of nitrogens with zero attached hydrogens (tertiary/aromatic N) is 5. The third kappa shape index (κ3) is 3.52. The van der Waals surface area contributed by atoms with Crippen LogP contribution in [0.4, 0.5) is 8.78 Å². The number of hydrogen-bond acceptors (Lipinski definition) is 9. The van der Waals surface area contributed by atoms with E-state index in [1.807, 2.05) is 0 Å². The molecule has 22 heavy (non-hydrogen) atoms. The number of carbonyl (C=O) groups is 1. The fraction of sp³-hybridized carbons (Fsp3) is 0.833. The molecule has 0 aromatic rings. The van der Waals surface area contributed by atoms with Crippen LogP contribution < -0.4 is 0 Å². The molecule has 1 amide bonds. The molecule has 0 aliphatic heterocycles. The van der Waals surface area contributed by atoms with Crippen molar-refractivity contribution in [3.05, 3.63) is 40.5 Å². The third-order valence-electron chi connectivity index (χ3n) is 2.35. The second kappa shape index (κ2) is 6.14. The van der Waals surface area contributed by atoms with Crippen molar-refractivity contribution < 1.29 is 33.3 Å². The summed E-state index contributed by atoms with van der Waals surface area (Å²) in [5.74, 6) is -10.5. The Balaban J connectivity index is 5.65. The Kier molecular flexibility index (Phi) is 5.28. The van der Waals surface area contributed by atoms with Gasteiger partial charge in [-0.05, 0) is 0 Å². The highest BCUT2D eigenvalue weighted by atomic mass is 19.2. The number of rotatable bonds is 8. The monoisotopic (exact) mass is 331 g/mol. The van der Waals surface area contributed by atoms with Gasteiger partial charge in [0.15, 0.2) is 0 Å². The molecular weight excluding hydrogens is 324 g/mol. The summed E-state index contributed by atoms with van der Waals surface area (Å²) in [6.07, 6.45) is 0. The minimum Gasteiger partial charge on any atom is -0.308 e. The van der Waals surface area contributed by atoms with Gasteiger partial charge in [0, 0.05) is 6.92 Å². The molecule has 0 fully saturated rings. The van der Waals surface area contributed by atoms with Crippen LogP contribution in [0.5, 0.6) is 0 Å². The number of nitro groups is 4. The van der Waals surface area contributed by atoms with Crippen LogP contribution in [0.2, 0.25) is 0 Å². The van der Waals surface area contributed by atoms with Gasteiger partial charge >= 0.3 is 11.8 Å². The highest BCUT2D eigenvalue weighted by molar-refractivity contribution is 5.73. The van der Waals surface area contributed by atoms with Crippen molar-refractivity contribution in [3.8, 4) is 0 Å². The normalized spacial score (nSPS) is 11.6. The molecule has 0 spiro atoms. The Bertz CT molecular complexity index is 471. The molecule has 0 aromatic carbocycles. The molecule has 16 heteroatoms. The van der Waals surface area contributed by atoms with Gasteiger partial charge in [-0.2, -0.15) is 0 Å². The van der Waals surface area contributed by atoms with Crippen molar-refractivity contribution in [1.29, 1.82) is 0 Å². The van der Waals surface area contributed by atoms with Crippen LogP contribution >= 0.6 is 0 Å². The lowest BCUT2D eigenvalue weighted by atomic mass is 10.3. The van der Waals surface area contributed by atoms with E-state index in [9.17, 15) is 54.0 Å². The molecular formula is C6H7F2N5O9. The van der Waals surface area contributed by atoms with E-state index in [4.69, 9.17) is 0 Å². The minimum absolute atomic E-state index is 0.406. The van der Waals surface area contributed by atoms with Gasteiger partial charge in [0.1, 0.15) is 19.7 Å². The lowest BCUT2D eigenvalue weighted by Crippen LogP contribution is -2.58. The number of carbonyl (C=O) groups excluding carboxylic acids is 1. The van der Waals surface area contributed by atoms with E-state index >= 15 is 0 Å². The Labute approximate surface area is 117 Å². The molecule has 0 aliphatic carbocycles. The molecule has 0 saturated carbocycles. The smallest absolute Gasteiger partial charge is 0.308 e. The first-order chi connectivity index (χ1) is 9.79. The first-order valence-corrected chi connectivity index (χ1v) is 5.00. The van der Waals surface area contributed by atoms with E-state index in [2.05, 4.69) is 0 Å². The summed E-state index contributed by atoms with van der Waals surface area (Å²) < 4.78 is 27.1. The fourth-order valence-electron chi connectivity index (χ4n) is 1.13. The number of alkyl halides is 2. The number of amides is 1. The SMILES string of the molecule is CC(=O)N(CC(F)([N+](=O)[O-])[N+](=O)[O-])CC(F)([N+](=O)[O-])[N+](=O)[O-]. The van der Waals surface area contributed by atoms with Gasteiger partial charge in [-0.15, -0.1) is 0 Å². The van der Waals surface area contributed by atoms with Crippen LogP contribution in [0, 0.1) is 40.5 Å². The van der Waals surface area contributed by atoms with Gasteiger partial charge in [-0.3, -0.25) is 45.3 Å². The minimum atomic E-state index is -4.51. The fourth-order valence-corrected chi connectivity index (χ4v) is 1.13. The van der Waals surface area contributed by atoms with Crippen LogP contribution in [-0.4, -0.2) is 55.4 Å². The predicted molar refractivity (Wildman–Crippen MR) is 57.9 cm³/mol. The van der Waals surface area contributed by atoms with Crippen LogP contribution in [0.1, 0.15) is 6.92 Å². The molecule has 0 aliphatic rings. The van der Waals surface area contributed by atoms with Crippen LogP contribution in [0.15, 0.2) is 0 Å². The van der Waals surface area contributed by atoms with Crippen molar-refractivity contribution in [2.45, 2.75) is 18.8 Å². The Morgan fingerprint density at radius 2 is 1.09 bits per heavy atom. The van der Waals surface area contributed by atoms with Crippen molar-refractivity contribution in [2.75, 3.05) is 13.1 Å². The highest BCUT2D eigenvalue weighted by Crippen LogP contribution is 2.20. The van der Waals surface area contributed by atoms with E-state index in [0.29, 0.717) is 6.92 Å². The molecule has 0 rings (SSSR count). The van der Waals surface area contributed by atoms with Crippen molar-refractivity contribution in [3.63, 3.8) is 0 Å². The van der Waals surface area contributed by atoms with E-state index < -0.39 is 55.4 Å². The average Bonchev–Trinajstić information content (AvgIpc) is 2.36. The van der Waals surface area contributed by atoms with E-state index in [1.54, 1.807) is 0 Å². The molecule has 0 aromatic heterocycles. The van der Waals surface area contributed by atoms with Gasteiger partial charge < -0.3 is 4.90 Å². The van der Waals surface area contributed by atoms with Gasteiger partial charge in [-0.25, -0.2) is 0 Å². The van der Waals surface area contributed by atoms with E-state index in [-0.39, 0.29) is 0 Å². The molecule has 0 N–H and O–H groups in total. The van der Waals surface area contributed by atoms with Gasteiger partial charge in [0.05, 0.1) is 0 Å². The Morgan fingerprint density at radius 3 is 1.23 bits per heavy atom. The zero-order valence-corrected chi connectivity index (χ0v) is 10.6. The zero-order chi connectivity index (χ0) is 17.9. The number of halogens is 2. The summed E-state index contributed by atoms with van der Waals surface area (Å²) in [4.78, 5) is 43.8. The first kappa shape index (κ1) is 18.9. The summed E-state index contributed by atoms with van der Waals surface area (Å²) in [5, 5.41) is 41.4. The van der Waals surface area contributed by atoms with Gasteiger partial charge in [-0.1, -0.05) is 8.78 Å². The molecule has 14 nitrogen and oxygen atoms in total. The third-order valence-corrected chi connectivity index (χ3v) is 2.35. The lowest BCUT2D eigenvalue weighted by Gasteiger charge is -2.21.